The van der Waals surface area contributed by atoms with Crippen LogP contribution in [-0.4, -0.2) is 15.5 Å². The molecule has 5 heteroatoms. The molecule has 1 aliphatic carbocycles. The largest absolute Gasteiger partial charge is 0.346 e. The zero-order valence-corrected chi connectivity index (χ0v) is 12.7. The Balaban J connectivity index is 1.66. The standard InChI is InChI=1S/C16H18ClN3O/c1-12(20-9-8-18-11-20)10-15(21)19-16(6-7-16)13-4-2-3-5-14(13)17/h2-5,8-9,11-12H,6-7,10H2,1H3,(H,19,21)/t12-/m1/s1. The zero-order chi connectivity index (χ0) is 14.9. The fourth-order valence-corrected chi connectivity index (χ4v) is 2.97. The van der Waals surface area contributed by atoms with Gasteiger partial charge < -0.3 is 9.88 Å². The molecule has 3 rings (SSSR count). The van der Waals surface area contributed by atoms with Crippen molar-refractivity contribution in [1.29, 1.82) is 0 Å². The van der Waals surface area contributed by atoms with Crippen LogP contribution in [-0.2, 0) is 10.3 Å². The van der Waals surface area contributed by atoms with E-state index in [1.165, 1.54) is 0 Å². The summed E-state index contributed by atoms with van der Waals surface area (Å²) in [5.41, 5.74) is 0.764. The Kier molecular flexibility index (Phi) is 3.72. The molecule has 0 radical (unpaired) electrons. The molecule has 1 saturated carbocycles. The Morgan fingerprint density at radius 2 is 2.24 bits per heavy atom. The number of benzene rings is 1. The maximum absolute atomic E-state index is 12.3. The lowest BCUT2D eigenvalue weighted by Crippen LogP contribution is -2.36. The molecule has 2 aromatic rings. The molecule has 1 atom stereocenters. The molecule has 4 nitrogen and oxygen atoms in total. The van der Waals surface area contributed by atoms with Crippen molar-refractivity contribution in [2.75, 3.05) is 0 Å². The molecule has 1 heterocycles. The second-order valence-electron chi connectivity index (χ2n) is 5.67. The van der Waals surface area contributed by atoms with Gasteiger partial charge in [-0.05, 0) is 31.4 Å². The number of halogens is 1. The third-order valence-electron chi connectivity index (χ3n) is 4.03. The molecule has 0 bridgehead atoms. The summed E-state index contributed by atoms with van der Waals surface area (Å²) in [6.07, 6.45) is 7.66. The van der Waals surface area contributed by atoms with Gasteiger partial charge in [-0.1, -0.05) is 29.8 Å². The van der Waals surface area contributed by atoms with E-state index in [1.54, 1.807) is 12.5 Å². The van der Waals surface area contributed by atoms with Gasteiger partial charge >= 0.3 is 0 Å². The Hall–Kier alpha value is -1.81. The van der Waals surface area contributed by atoms with Crippen LogP contribution in [0.25, 0.3) is 0 Å². The van der Waals surface area contributed by atoms with E-state index < -0.39 is 0 Å². The number of nitrogens with zero attached hydrogens (tertiary/aromatic N) is 2. The molecule has 110 valence electrons. The number of hydrogen-bond acceptors (Lipinski definition) is 2. The van der Waals surface area contributed by atoms with E-state index in [1.807, 2.05) is 42.0 Å². The topological polar surface area (TPSA) is 46.9 Å². The van der Waals surface area contributed by atoms with Gasteiger partial charge in [0.25, 0.3) is 0 Å². The summed E-state index contributed by atoms with van der Waals surface area (Å²) in [5, 5.41) is 3.88. The molecular weight excluding hydrogens is 286 g/mol. The summed E-state index contributed by atoms with van der Waals surface area (Å²) in [7, 11) is 0. The fourth-order valence-electron chi connectivity index (χ4n) is 2.66. The zero-order valence-electron chi connectivity index (χ0n) is 11.9. The lowest BCUT2D eigenvalue weighted by atomic mass is 10.0. The minimum atomic E-state index is -0.260. The van der Waals surface area contributed by atoms with Gasteiger partial charge in [0.05, 0.1) is 11.9 Å². The molecule has 1 aliphatic rings. The molecule has 1 amide bonds. The summed E-state index contributed by atoms with van der Waals surface area (Å²) in [5.74, 6) is 0.0496. The van der Waals surface area contributed by atoms with Gasteiger partial charge in [-0.15, -0.1) is 0 Å². The average Bonchev–Trinajstić information content (AvgIpc) is 3.02. The highest BCUT2D eigenvalue weighted by Gasteiger charge is 2.46. The van der Waals surface area contributed by atoms with Crippen molar-refractivity contribution >= 4 is 17.5 Å². The van der Waals surface area contributed by atoms with Gasteiger partial charge in [0.2, 0.25) is 5.91 Å². The number of imidazole rings is 1. The molecule has 0 saturated heterocycles. The second-order valence-corrected chi connectivity index (χ2v) is 6.08. The van der Waals surface area contributed by atoms with Crippen LogP contribution in [0.5, 0.6) is 0 Å². The molecule has 1 aromatic carbocycles. The molecule has 21 heavy (non-hydrogen) atoms. The number of rotatable bonds is 5. The highest BCUT2D eigenvalue weighted by atomic mass is 35.5. The SMILES string of the molecule is C[C@H](CC(=O)NC1(c2ccccc2Cl)CC1)n1ccnc1. The number of aromatic nitrogens is 2. The van der Waals surface area contributed by atoms with Crippen LogP contribution in [0.1, 0.15) is 37.8 Å². The molecule has 0 unspecified atom stereocenters. The third kappa shape index (κ3) is 2.95. The van der Waals surface area contributed by atoms with Gasteiger partial charge in [0, 0.05) is 29.9 Å². The average molecular weight is 304 g/mol. The molecule has 0 spiro atoms. The Morgan fingerprint density at radius 3 is 2.86 bits per heavy atom. The van der Waals surface area contributed by atoms with Crippen molar-refractivity contribution < 1.29 is 4.79 Å². The van der Waals surface area contributed by atoms with Gasteiger partial charge in [-0.2, -0.15) is 0 Å². The van der Waals surface area contributed by atoms with Gasteiger partial charge in [0.15, 0.2) is 0 Å². The number of carbonyl (C=O) groups excluding carboxylic acids is 1. The van der Waals surface area contributed by atoms with Gasteiger partial charge in [-0.3, -0.25) is 4.79 Å². The summed E-state index contributed by atoms with van der Waals surface area (Å²) >= 11 is 6.26. The summed E-state index contributed by atoms with van der Waals surface area (Å²) in [6, 6.07) is 7.83. The van der Waals surface area contributed by atoms with E-state index in [2.05, 4.69) is 10.3 Å². The molecule has 1 N–H and O–H groups in total. The summed E-state index contributed by atoms with van der Waals surface area (Å²) in [4.78, 5) is 16.3. The second kappa shape index (κ2) is 5.53. The first kappa shape index (κ1) is 14.1. The number of nitrogens with one attached hydrogen (secondary N) is 1. The first-order valence-corrected chi connectivity index (χ1v) is 7.52. The van der Waals surface area contributed by atoms with Crippen molar-refractivity contribution in [2.45, 2.75) is 37.8 Å². The maximum atomic E-state index is 12.3. The molecule has 0 aliphatic heterocycles. The van der Waals surface area contributed by atoms with Gasteiger partial charge in [0.1, 0.15) is 0 Å². The summed E-state index contributed by atoms with van der Waals surface area (Å²) in [6.45, 7) is 2.01. The number of hydrogen-bond donors (Lipinski definition) is 1. The first-order chi connectivity index (χ1) is 10.1. The van der Waals surface area contributed by atoms with E-state index in [0.29, 0.717) is 6.42 Å². The Labute approximate surface area is 129 Å². The van der Waals surface area contributed by atoms with E-state index in [-0.39, 0.29) is 17.5 Å². The van der Waals surface area contributed by atoms with Crippen LogP contribution in [0, 0.1) is 0 Å². The Morgan fingerprint density at radius 1 is 1.48 bits per heavy atom. The highest BCUT2D eigenvalue weighted by Crippen LogP contribution is 2.48. The van der Waals surface area contributed by atoms with Crippen LogP contribution in [0.2, 0.25) is 5.02 Å². The maximum Gasteiger partial charge on any atom is 0.222 e. The predicted octanol–water partition coefficient (Wildman–Crippen LogP) is 3.29. The van der Waals surface area contributed by atoms with Crippen molar-refractivity contribution in [3.05, 3.63) is 53.6 Å². The van der Waals surface area contributed by atoms with Gasteiger partial charge in [-0.25, -0.2) is 4.98 Å². The van der Waals surface area contributed by atoms with E-state index in [0.717, 1.165) is 23.4 Å². The fraction of sp³-hybridized carbons (Fsp3) is 0.375. The molecular formula is C16H18ClN3O. The minimum Gasteiger partial charge on any atom is -0.346 e. The molecule has 1 fully saturated rings. The van der Waals surface area contributed by atoms with Crippen LogP contribution in [0.3, 0.4) is 0 Å². The van der Waals surface area contributed by atoms with Crippen molar-refractivity contribution in [3.63, 3.8) is 0 Å². The monoisotopic (exact) mass is 303 g/mol. The quantitative estimate of drug-likeness (QED) is 0.921. The van der Waals surface area contributed by atoms with E-state index in [9.17, 15) is 4.79 Å². The minimum absolute atomic E-state index is 0.0496. The van der Waals surface area contributed by atoms with Crippen molar-refractivity contribution in [2.24, 2.45) is 0 Å². The van der Waals surface area contributed by atoms with Crippen LogP contribution < -0.4 is 5.32 Å². The van der Waals surface area contributed by atoms with Crippen molar-refractivity contribution in [1.82, 2.24) is 14.9 Å². The molecule has 1 aromatic heterocycles. The Bertz CT molecular complexity index is 635. The lowest BCUT2D eigenvalue weighted by Gasteiger charge is -2.21. The summed E-state index contributed by atoms with van der Waals surface area (Å²) < 4.78 is 1.94. The van der Waals surface area contributed by atoms with Crippen LogP contribution in [0.15, 0.2) is 43.0 Å². The lowest BCUT2D eigenvalue weighted by molar-refractivity contribution is -0.122. The third-order valence-corrected chi connectivity index (χ3v) is 4.36. The van der Waals surface area contributed by atoms with Crippen molar-refractivity contribution in [3.8, 4) is 0 Å². The normalized spacial score (nSPS) is 17.2. The predicted molar refractivity (Wildman–Crippen MR) is 82.1 cm³/mol. The van der Waals surface area contributed by atoms with E-state index >= 15 is 0 Å². The van der Waals surface area contributed by atoms with Crippen LogP contribution in [0.4, 0.5) is 0 Å². The number of amides is 1. The smallest absolute Gasteiger partial charge is 0.222 e. The first-order valence-electron chi connectivity index (χ1n) is 7.14. The van der Waals surface area contributed by atoms with Crippen LogP contribution >= 0.6 is 11.6 Å². The van der Waals surface area contributed by atoms with E-state index in [4.69, 9.17) is 11.6 Å². The highest BCUT2D eigenvalue weighted by molar-refractivity contribution is 6.31. The number of carbonyl (C=O) groups is 1.